The quantitative estimate of drug-likeness (QED) is 0.347. The van der Waals surface area contributed by atoms with E-state index >= 15 is 0 Å². The number of nitrogens with zero attached hydrogens (tertiary/aromatic N) is 1. The number of esters is 1. The molecule has 1 aliphatic heterocycles. The summed E-state index contributed by atoms with van der Waals surface area (Å²) in [6.07, 6.45) is 6.73. The first-order chi connectivity index (χ1) is 12.4. The zero-order chi connectivity index (χ0) is 18.8. The highest BCUT2D eigenvalue weighted by atomic mass is 16.5. The van der Waals surface area contributed by atoms with Gasteiger partial charge in [0.15, 0.2) is 0 Å². The van der Waals surface area contributed by atoms with Crippen molar-refractivity contribution in [1.29, 1.82) is 0 Å². The number of fused-ring (bicyclic) bond motifs is 1. The van der Waals surface area contributed by atoms with E-state index in [0.29, 0.717) is 30.0 Å². The number of aliphatic imine (C=N–C) groups is 1. The molecule has 1 fully saturated rings. The fourth-order valence-corrected chi connectivity index (χ4v) is 3.59. The second-order valence-electron chi connectivity index (χ2n) is 6.92. The highest BCUT2D eigenvalue weighted by molar-refractivity contribution is 6.00. The van der Waals surface area contributed by atoms with Crippen LogP contribution in [-0.4, -0.2) is 23.1 Å². The van der Waals surface area contributed by atoms with Gasteiger partial charge in [-0.1, -0.05) is 11.6 Å². The minimum Gasteiger partial charge on any atom is -0.481 e. The van der Waals surface area contributed by atoms with Crippen LogP contribution in [0.1, 0.15) is 71.1 Å². The van der Waals surface area contributed by atoms with Crippen LogP contribution in [-0.2, 0) is 27.4 Å². The van der Waals surface area contributed by atoms with E-state index in [9.17, 15) is 14.4 Å². The Kier molecular flexibility index (Phi) is 5.05. The van der Waals surface area contributed by atoms with Gasteiger partial charge in [0.2, 0.25) is 6.08 Å². The van der Waals surface area contributed by atoms with Crippen molar-refractivity contribution in [3.8, 4) is 0 Å². The summed E-state index contributed by atoms with van der Waals surface area (Å²) in [5.74, 6) is -0.870. The number of carboxylic acid groups (broad SMARTS) is 1. The van der Waals surface area contributed by atoms with Crippen LogP contribution in [0.25, 0.3) is 0 Å². The van der Waals surface area contributed by atoms with Crippen LogP contribution in [0.4, 0.5) is 5.69 Å². The van der Waals surface area contributed by atoms with Crippen LogP contribution >= 0.6 is 0 Å². The Morgan fingerprint density at radius 3 is 2.73 bits per heavy atom. The summed E-state index contributed by atoms with van der Waals surface area (Å²) in [4.78, 5) is 37.8. The minimum absolute atomic E-state index is 0.0761. The molecule has 0 unspecified atom stereocenters. The Labute approximate surface area is 151 Å². The highest BCUT2D eigenvalue weighted by Gasteiger charge is 2.36. The summed E-state index contributed by atoms with van der Waals surface area (Å²) >= 11 is 0. The van der Waals surface area contributed by atoms with Gasteiger partial charge in [-0.3, -0.25) is 4.79 Å². The van der Waals surface area contributed by atoms with Gasteiger partial charge < -0.3 is 9.84 Å². The molecule has 3 rings (SSSR count). The van der Waals surface area contributed by atoms with Gasteiger partial charge in [-0.25, -0.2) is 9.59 Å². The first-order valence-electron chi connectivity index (χ1n) is 8.74. The van der Waals surface area contributed by atoms with Crippen LogP contribution < -0.4 is 0 Å². The van der Waals surface area contributed by atoms with Gasteiger partial charge in [-0.2, -0.15) is 4.99 Å². The second-order valence-corrected chi connectivity index (χ2v) is 6.92. The van der Waals surface area contributed by atoms with Gasteiger partial charge >= 0.3 is 11.9 Å². The van der Waals surface area contributed by atoms with Gasteiger partial charge in [0, 0.05) is 12.0 Å². The zero-order valence-corrected chi connectivity index (χ0v) is 14.9. The van der Waals surface area contributed by atoms with Gasteiger partial charge in [0.25, 0.3) is 0 Å². The average molecular weight is 355 g/mol. The lowest BCUT2D eigenvalue weighted by atomic mass is 9.87. The number of carboxylic acids is 1. The Balaban J connectivity index is 2.07. The van der Waals surface area contributed by atoms with E-state index in [0.717, 1.165) is 40.7 Å². The Morgan fingerprint density at radius 2 is 2.12 bits per heavy atom. The maximum atomic E-state index is 12.2. The number of ether oxygens (including phenoxy) is 1. The minimum atomic E-state index is -0.834. The monoisotopic (exact) mass is 355 g/mol. The fraction of sp³-hybridized carbons (Fsp3) is 0.450. The molecule has 1 aromatic rings. The number of rotatable bonds is 7. The molecule has 0 amide bonds. The number of hydrogen-bond acceptors (Lipinski definition) is 5. The standard InChI is InChI=1S/C20H21NO5/c1-11(4-8-16(23)24)3-7-14-17(13-5-6-13)12(2)15-9-26-20(25)18(15)19(14)21-10-22/h3,13H,4-9H2,1-2H3,(H,23,24)/b11-3+. The van der Waals surface area contributed by atoms with Crippen molar-refractivity contribution < 1.29 is 24.2 Å². The van der Waals surface area contributed by atoms with E-state index in [1.54, 1.807) is 6.08 Å². The zero-order valence-electron chi connectivity index (χ0n) is 14.9. The molecule has 6 nitrogen and oxygen atoms in total. The number of carbonyl (C=O) groups is 2. The van der Waals surface area contributed by atoms with Crippen LogP contribution in [0.2, 0.25) is 0 Å². The van der Waals surface area contributed by atoms with E-state index in [2.05, 4.69) is 4.99 Å². The van der Waals surface area contributed by atoms with E-state index in [1.807, 2.05) is 19.9 Å². The summed E-state index contributed by atoms with van der Waals surface area (Å²) in [5, 5.41) is 8.82. The molecular formula is C20H21NO5. The van der Waals surface area contributed by atoms with Crippen LogP contribution in [0.5, 0.6) is 0 Å². The van der Waals surface area contributed by atoms with Crippen LogP contribution in [0.15, 0.2) is 16.6 Å². The topological polar surface area (TPSA) is 93.0 Å². The molecule has 1 saturated carbocycles. The molecule has 0 atom stereocenters. The van der Waals surface area contributed by atoms with E-state index in [1.165, 1.54) is 0 Å². The van der Waals surface area contributed by atoms with Gasteiger partial charge in [-0.05, 0) is 62.1 Å². The van der Waals surface area contributed by atoms with Crippen molar-refractivity contribution in [3.05, 3.63) is 39.5 Å². The van der Waals surface area contributed by atoms with Crippen molar-refractivity contribution in [2.45, 2.75) is 58.5 Å². The maximum Gasteiger partial charge on any atom is 0.341 e. The molecule has 0 aromatic heterocycles. The fourth-order valence-electron chi connectivity index (χ4n) is 3.59. The van der Waals surface area contributed by atoms with Crippen molar-refractivity contribution in [3.63, 3.8) is 0 Å². The lowest BCUT2D eigenvalue weighted by Crippen LogP contribution is -2.05. The number of aliphatic carboxylic acids is 1. The number of isocyanates is 1. The molecule has 6 heteroatoms. The number of carbonyl (C=O) groups excluding carboxylic acids is 2. The highest BCUT2D eigenvalue weighted by Crippen LogP contribution is 2.49. The number of allylic oxidation sites excluding steroid dienone is 2. The van der Waals surface area contributed by atoms with Gasteiger partial charge in [0.1, 0.15) is 6.61 Å². The summed E-state index contributed by atoms with van der Waals surface area (Å²) in [7, 11) is 0. The summed E-state index contributed by atoms with van der Waals surface area (Å²) in [5.41, 5.74) is 5.58. The molecule has 1 aliphatic carbocycles. The third kappa shape index (κ3) is 3.46. The molecule has 26 heavy (non-hydrogen) atoms. The molecule has 2 aliphatic rings. The molecule has 1 heterocycles. The average Bonchev–Trinajstić information content (AvgIpc) is 3.35. The van der Waals surface area contributed by atoms with Crippen LogP contribution in [0.3, 0.4) is 0 Å². The van der Waals surface area contributed by atoms with Gasteiger partial charge in [0.05, 0.1) is 11.3 Å². The summed E-state index contributed by atoms with van der Waals surface area (Å²) in [6.45, 7) is 4.10. The lowest BCUT2D eigenvalue weighted by molar-refractivity contribution is -0.136. The predicted octanol–water partition coefficient (Wildman–Crippen LogP) is 3.86. The number of hydrogen-bond donors (Lipinski definition) is 1. The first kappa shape index (κ1) is 18.1. The largest absolute Gasteiger partial charge is 0.481 e. The molecular weight excluding hydrogens is 334 g/mol. The first-order valence-corrected chi connectivity index (χ1v) is 8.74. The van der Waals surface area contributed by atoms with Crippen molar-refractivity contribution in [2.24, 2.45) is 4.99 Å². The summed E-state index contributed by atoms with van der Waals surface area (Å²) < 4.78 is 5.18. The predicted molar refractivity (Wildman–Crippen MR) is 94.4 cm³/mol. The molecule has 136 valence electrons. The second kappa shape index (κ2) is 7.26. The Hall–Kier alpha value is -2.72. The van der Waals surface area contributed by atoms with E-state index in [-0.39, 0.29) is 13.0 Å². The SMILES string of the molecule is C/C(=C\Cc1c(N=C=O)c2c(c(C)c1C1CC1)COC2=O)CCC(=O)O. The molecule has 0 spiro atoms. The number of benzene rings is 1. The molecule has 1 aromatic carbocycles. The summed E-state index contributed by atoms with van der Waals surface area (Å²) in [6, 6.07) is 0. The van der Waals surface area contributed by atoms with Crippen molar-refractivity contribution >= 4 is 23.7 Å². The number of cyclic esters (lactones) is 1. The lowest BCUT2D eigenvalue weighted by Gasteiger charge is -2.17. The molecule has 1 N–H and O–H groups in total. The van der Waals surface area contributed by atoms with Gasteiger partial charge in [-0.15, -0.1) is 0 Å². The molecule has 0 saturated heterocycles. The van der Waals surface area contributed by atoms with Crippen LogP contribution in [0, 0.1) is 6.92 Å². The normalized spacial score (nSPS) is 16.1. The Morgan fingerprint density at radius 1 is 1.38 bits per heavy atom. The Bertz CT molecular complexity index is 858. The third-order valence-corrected chi connectivity index (χ3v) is 5.09. The maximum absolute atomic E-state index is 12.2. The molecule has 0 radical (unpaired) electrons. The van der Waals surface area contributed by atoms with Crippen molar-refractivity contribution in [1.82, 2.24) is 0 Å². The third-order valence-electron chi connectivity index (χ3n) is 5.09. The smallest absolute Gasteiger partial charge is 0.341 e. The van der Waals surface area contributed by atoms with Crippen molar-refractivity contribution in [2.75, 3.05) is 0 Å². The van der Waals surface area contributed by atoms with E-state index < -0.39 is 11.9 Å². The molecule has 0 bridgehead atoms. The van der Waals surface area contributed by atoms with E-state index in [4.69, 9.17) is 9.84 Å².